The van der Waals surface area contributed by atoms with E-state index in [1.807, 2.05) is 6.07 Å². The Morgan fingerprint density at radius 3 is 2.56 bits per heavy atom. The van der Waals surface area contributed by atoms with Crippen LogP contribution in [0.4, 0.5) is 5.69 Å². The molecule has 1 aromatic carbocycles. The molecule has 18 heavy (non-hydrogen) atoms. The number of benzene rings is 1. The Kier molecular flexibility index (Phi) is 5.58. The first kappa shape index (κ1) is 14.9. The molecule has 0 spiro atoms. The Morgan fingerprint density at radius 1 is 1.28 bits per heavy atom. The van der Waals surface area contributed by atoms with Crippen LogP contribution in [0.15, 0.2) is 29.2 Å². The molecule has 0 saturated carbocycles. The maximum atomic E-state index is 12.1. The fourth-order valence-corrected chi connectivity index (χ4v) is 2.54. The molecular formula is C12H20N2O3S. The van der Waals surface area contributed by atoms with Gasteiger partial charge in [0.2, 0.25) is 10.0 Å². The van der Waals surface area contributed by atoms with Gasteiger partial charge < -0.3 is 10.1 Å². The minimum Gasteiger partial charge on any atom is -0.385 e. The van der Waals surface area contributed by atoms with Crippen molar-refractivity contribution in [3.63, 3.8) is 0 Å². The SMILES string of the molecule is COCCCNc1ccccc1S(=O)(=O)N(C)C. The number of hydrogen-bond donors (Lipinski definition) is 1. The average Bonchev–Trinajstić information content (AvgIpc) is 2.35. The van der Waals surface area contributed by atoms with Crippen molar-refractivity contribution in [1.82, 2.24) is 4.31 Å². The molecule has 0 atom stereocenters. The zero-order valence-corrected chi connectivity index (χ0v) is 11.8. The van der Waals surface area contributed by atoms with Gasteiger partial charge in [0.25, 0.3) is 0 Å². The van der Waals surface area contributed by atoms with Crippen molar-refractivity contribution < 1.29 is 13.2 Å². The first-order valence-electron chi connectivity index (χ1n) is 5.74. The standard InChI is InChI=1S/C12H20N2O3S/c1-14(2)18(15,16)12-8-5-4-7-11(12)13-9-6-10-17-3/h4-5,7-8,13H,6,9-10H2,1-3H3. The summed E-state index contributed by atoms with van der Waals surface area (Å²) in [6.07, 6.45) is 0.826. The van der Waals surface area contributed by atoms with Crippen molar-refractivity contribution >= 4 is 15.7 Å². The molecule has 1 rings (SSSR count). The summed E-state index contributed by atoms with van der Waals surface area (Å²) in [6.45, 7) is 1.32. The summed E-state index contributed by atoms with van der Waals surface area (Å²) in [4.78, 5) is 0.299. The lowest BCUT2D eigenvalue weighted by Crippen LogP contribution is -2.23. The van der Waals surface area contributed by atoms with E-state index >= 15 is 0 Å². The molecule has 0 amide bonds. The van der Waals surface area contributed by atoms with Gasteiger partial charge in [0.15, 0.2) is 0 Å². The van der Waals surface area contributed by atoms with Gasteiger partial charge in [0.1, 0.15) is 4.90 Å². The second-order valence-electron chi connectivity index (χ2n) is 4.06. The molecule has 0 bridgehead atoms. The number of nitrogens with zero attached hydrogens (tertiary/aromatic N) is 1. The van der Waals surface area contributed by atoms with Crippen molar-refractivity contribution in [2.45, 2.75) is 11.3 Å². The Bertz CT molecular complexity index is 472. The van der Waals surface area contributed by atoms with E-state index in [1.165, 1.54) is 18.4 Å². The van der Waals surface area contributed by atoms with Gasteiger partial charge in [-0.2, -0.15) is 0 Å². The van der Waals surface area contributed by atoms with Crippen molar-refractivity contribution in [1.29, 1.82) is 0 Å². The minimum absolute atomic E-state index is 0.299. The van der Waals surface area contributed by atoms with Crippen LogP contribution in [-0.4, -0.2) is 47.1 Å². The molecule has 0 aliphatic rings. The van der Waals surface area contributed by atoms with Crippen LogP contribution in [0.3, 0.4) is 0 Å². The monoisotopic (exact) mass is 272 g/mol. The van der Waals surface area contributed by atoms with E-state index in [0.717, 1.165) is 6.42 Å². The lowest BCUT2D eigenvalue weighted by atomic mass is 10.3. The first-order valence-corrected chi connectivity index (χ1v) is 7.18. The number of para-hydroxylation sites is 1. The highest BCUT2D eigenvalue weighted by molar-refractivity contribution is 7.89. The summed E-state index contributed by atoms with van der Waals surface area (Å²) in [5, 5.41) is 3.12. The van der Waals surface area contributed by atoms with Crippen molar-refractivity contribution in [3.05, 3.63) is 24.3 Å². The highest BCUT2D eigenvalue weighted by Crippen LogP contribution is 2.22. The summed E-state index contributed by atoms with van der Waals surface area (Å²) in [5.41, 5.74) is 0.627. The van der Waals surface area contributed by atoms with Crippen molar-refractivity contribution in [3.8, 4) is 0 Å². The van der Waals surface area contributed by atoms with Crippen LogP contribution in [-0.2, 0) is 14.8 Å². The predicted molar refractivity (Wildman–Crippen MR) is 72.3 cm³/mol. The van der Waals surface area contributed by atoms with Gasteiger partial charge in [0.05, 0.1) is 5.69 Å². The summed E-state index contributed by atoms with van der Waals surface area (Å²) >= 11 is 0. The van der Waals surface area contributed by atoms with E-state index in [4.69, 9.17) is 4.74 Å². The number of sulfonamides is 1. The highest BCUT2D eigenvalue weighted by Gasteiger charge is 2.20. The minimum atomic E-state index is -3.41. The molecule has 1 N–H and O–H groups in total. The largest absolute Gasteiger partial charge is 0.385 e. The normalized spacial score (nSPS) is 11.8. The van der Waals surface area contributed by atoms with Crippen LogP contribution in [0.1, 0.15) is 6.42 Å². The quantitative estimate of drug-likeness (QED) is 0.762. The molecule has 0 aromatic heterocycles. The smallest absolute Gasteiger partial charge is 0.244 e. The number of hydrogen-bond acceptors (Lipinski definition) is 4. The molecule has 6 heteroatoms. The van der Waals surface area contributed by atoms with Gasteiger partial charge in [-0.05, 0) is 18.6 Å². The number of nitrogens with one attached hydrogen (secondary N) is 1. The topological polar surface area (TPSA) is 58.6 Å². The Balaban J connectivity index is 2.87. The van der Waals surface area contributed by atoms with E-state index in [1.54, 1.807) is 25.3 Å². The Morgan fingerprint density at radius 2 is 1.94 bits per heavy atom. The summed E-state index contributed by atoms with van der Waals surface area (Å²) in [7, 11) is 1.28. The first-order chi connectivity index (χ1) is 8.50. The molecule has 102 valence electrons. The molecule has 0 aliphatic carbocycles. The van der Waals surface area contributed by atoms with Crippen LogP contribution in [0.5, 0.6) is 0 Å². The molecule has 5 nitrogen and oxygen atoms in total. The van der Waals surface area contributed by atoms with Gasteiger partial charge in [-0.25, -0.2) is 12.7 Å². The lowest BCUT2D eigenvalue weighted by Gasteiger charge is -2.16. The average molecular weight is 272 g/mol. The van der Waals surface area contributed by atoms with E-state index in [-0.39, 0.29) is 0 Å². The van der Waals surface area contributed by atoms with Gasteiger partial charge in [-0.15, -0.1) is 0 Å². The van der Waals surface area contributed by atoms with E-state index in [2.05, 4.69) is 5.32 Å². The van der Waals surface area contributed by atoms with Crippen LogP contribution < -0.4 is 5.32 Å². The Labute approximate surface area is 109 Å². The van der Waals surface area contributed by atoms with Crippen LogP contribution in [0.25, 0.3) is 0 Å². The Hall–Kier alpha value is -1.11. The van der Waals surface area contributed by atoms with Crippen molar-refractivity contribution in [2.75, 3.05) is 39.7 Å². The van der Waals surface area contributed by atoms with Gasteiger partial charge in [-0.3, -0.25) is 0 Å². The number of rotatable bonds is 7. The second-order valence-corrected chi connectivity index (χ2v) is 6.18. The lowest BCUT2D eigenvalue weighted by molar-refractivity contribution is 0.198. The fourth-order valence-electron chi connectivity index (χ4n) is 1.47. The molecule has 1 aromatic rings. The second kappa shape index (κ2) is 6.72. The summed E-state index contributed by atoms with van der Waals surface area (Å²) in [6, 6.07) is 6.90. The third kappa shape index (κ3) is 3.69. The van der Waals surface area contributed by atoms with E-state index in [0.29, 0.717) is 23.7 Å². The van der Waals surface area contributed by atoms with Gasteiger partial charge in [0, 0.05) is 34.4 Å². The van der Waals surface area contributed by atoms with Gasteiger partial charge >= 0.3 is 0 Å². The predicted octanol–water partition coefficient (Wildman–Crippen LogP) is 1.39. The highest BCUT2D eigenvalue weighted by atomic mass is 32.2. The van der Waals surface area contributed by atoms with Crippen LogP contribution in [0, 0.1) is 0 Å². The molecular weight excluding hydrogens is 252 g/mol. The third-order valence-corrected chi connectivity index (χ3v) is 4.36. The van der Waals surface area contributed by atoms with Gasteiger partial charge in [-0.1, -0.05) is 12.1 Å². The van der Waals surface area contributed by atoms with E-state index < -0.39 is 10.0 Å². The number of methoxy groups -OCH3 is 1. The molecule has 0 heterocycles. The molecule has 0 saturated heterocycles. The summed E-state index contributed by atoms with van der Waals surface area (Å²) in [5.74, 6) is 0. The number of anilines is 1. The molecule has 0 radical (unpaired) electrons. The molecule has 0 fully saturated rings. The van der Waals surface area contributed by atoms with Crippen LogP contribution >= 0.6 is 0 Å². The van der Waals surface area contributed by atoms with E-state index in [9.17, 15) is 8.42 Å². The maximum absolute atomic E-state index is 12.1. The molecule has 0 unspecified atom stereocenters. The number of ether oxygens (including phenoxy) is 1. The summed E-state index contributed by atoms with van der Waals surface area (Å²) < 4.78 is 30.4. The zero-order valence-electron chi connectivity index (χ0n) is 11.0. The van der Waals surface area contributed by atoms with Crippen LogP contribution in [0.2, 0.25) is 0 Å². The van der Waals surface area contributed by atoms with Crippen molar-refractivity contribution in [2.24, 2.45) is 0 Å². The zero-order chi connectivity index (χ0) is 13.6. The molecule has 0 aliphatic heterocycles. The third-order valence-electron chi connectivity index (χ3n) is 2.49. The maximum Gasteiger partial charge on any atom is 0.244 e. The fraction of sp³-hybridized carbons (Fsp3) is 0.500.